The Labute approximate surface area is 80.3 Å². The van der Waals surface area contributed by atoms with Crippen LogP contribution in [0.5, 0.6) is 0 Å². The predicted molar refractivity (Wildman–Crippen MR) is 56.3 cm³/mol. The van der Waals surface area contributed by atoms with Gasteiger partial charge in [-0.2, -0.15) is 0 Å². The molecule has 2 aromatic carbocycles. The number of fused-ring (bicyclic) bond motifs is 1. The number of rotatable bonds is 2. The molecule has 64 valence electrons. The lowest BCUT2D eigenvalue weighted by Gasteiger charge is -2.00. The summed E-state index contributed by atoms with van der Waals surface area (Å²) in [7, 11) is 2.18. The van der Waals surface area contributed by atoms with Crippen molar-refractivity contribution in [3.63, 3.8) is 0 Å². The van der Waals surface area contributed by atoms with Crippen molar-refractivity contribution >= 4 is 25.7 Å². The highest BCUT2D eigenvalue weighted by molar-refractivity contribution is 6.47. The van der Waals surface area contributed by atoms with Crippen LogP contribution in [0, 0.1) is 0 Å². The van der Waals surface area contributed by atoms with Gasteiger partial charge in [-0.05, 0) is 16.0 Å². The minimum Gasteiger partial charge on any atom is -0.415 e. The fraction of sp³-hybridized carbons (Fsp3) is 0.0909. The summed E-state index contributed by atoms with van der Waals surface area (Å²) in [6.45, 7) is 0. The average Bonchev–Trinajstić information content (AvgIpc) is 2.18. The predicted octanol–water partition coefficient (Wildman–Crippen LogP) is 1.73. The molecule has 0 unspecified atom stereocenters. The molecule has 0 aliphatic rings. The highest BCUT2D eigenvalue weighted by Gasteiger charge is 1.96. The Balaban J connectivity index is 2.49. The number of benzene rings is 2. The maximum absolute atomic E-state index is 5.10. The van der Waals surface area contributed by atoms with Crippen LogP contribution < -0.4 is 5.19 Å². The summed E-state index contributed by atoms with van der Waals surface area (Å²) in [5.41, 5.74) is 0. The Morgan fingerprint density at radius 2 is 1.77 bits per heavy atom. The number of hydrogen-bond acceptors (Lipinski definition) is 1. The van der Waals surface area contributed by atoms with E-state index in [0.29, 0.717) is 9.76 Å². The highest BCUT2D eigenvalue weighted by Crippen LogP contribution is 2.10. The van der Waals surface area contributed by atoms with E-state index in [1.165, 1.54) is 16.0 Å². The molecule has 0 atom stereocenters. The first kappa shape index (κ1) is 8.47. The summed E-state index contributed by atoms with van der Waals surface area (Å²) in [6.07, 6.45) is 0. The first-order valence-electron chi connectivity index (χ1n) is 4.18. The lowest BCUT2D eigenvalue weighted by molar-refractivity contribution is 0.450. The molecule has 0 bridgehead atoms. The zero-order valence-corrected chi connectivity index (χ0v) is 8.45. The van der Waals surface area contributed by atoms with Crippen LogP contribution >= 0.6 is 0 Å². The third kappa shape index (κ3) is 1.79. The maximum Gasteiger partial charge on any atom is 0.268 e. The summed E-state index contributed by atoms with van der Waals surface area (Å²) in [5, 5.41) is 3.82. The minimum atomic E-state index is 0.450. The van der Waals surface area contributed by atoms with Crippen LogP contribution in [0.25, 0.3) is 10.8 Å². The molecule has 2 heteroatoms. The van der Waals surface area contributed by atoms with E-state index < -0.39 is 0 Å². The van der Waals surface area contributed by atoms with Crippen LogP contribution in [0.3, 0.4) is 0 Å². The van der Waals surface area contributed by atoms with Crippen LogP contribution in [0.15, 0.2) is 42.5 Å². The van der Waals surface area contributed by atoms with E-state index in [-0.39, 0.29) is 0 Å². The van der Waals surface area contributed by atoms with Gasteiger partial charge in [-0.25, -0.2) is 0 Å². The van der Waals surface area contributed by atoms with Crippen LogP contribution in [0.2, 0.25) is 0 Å². The summed E-state index contributed by atoms with van der Waals surface area (Å²) < 4.78 is 5.10. The second-order valence-corrected chi connectivity index (χ2v) is 4.06. The summed E-state index contributed by atoms with van der Waals surface area (Å²) in [6, 6.07) is 14.8. The SMILES string of the molecule is CO[Si]c1ccc2ccccc2c1. The minimum absolute atomic E-state index is 0.450. The highest BCUT2D eigenvalue weighted by atomic mass is 28.2. The molecular formula is C11H10OSi. The smallest absolute Gasteiger partial charge is 0.268 e. The quantitative estimate of drug-likeness (QED) is 0.649. The zero-order chi connectivity index (χ0) is 9.10. The van der Waals surface area contributed by atoms with E-state index in [0.717, 1.165) is 0 Å². The first-order chi connectivity index (χ1) is 6.40. The number of hydrogen-bond donors (Lipinski definition) is 0. The molecule has 0 fully saturated rings. The van der Waals surface area contributed by atoms with Gasteiger partial charge in [-0.15, -0.1) is 0 Å². The molecule has 0 spiro atoms. The summed E-state index contributed by atoms with van der Waals surface area (Å²) >= 11 is 0. The molecule has 2 rings (SSSR count). The van der Waals surface area contributed by atoms with Gasteiger partial charge in [-0.3, -0.25) is 0 Å². The van der Waals surface area contributed by atoms with Crippen molar-refractivity contribution in [2.45, 2.75) is 0 Å². The van der Waals surface area contributed by atoms with E-state index in [1.807, 2.05) is 0 Å². The molecule has 1 nitrogen and oxygen atoms in total. The van der Waals surface area contributed by atoms with Crippen molar-refractivity contribution in [3.05, 3.63) is 42.5 Å². The van der Waals surface area contributed by atoms with Crippen molar-refractivity contribution in [2.75, 3.05) is 7.11 Å². The fourth-order valence-corrected chi connectivity index (χ4v) is 1.97. The maximum atomic E-state index is 5.10. The molecule has 0 N–H and O–H groups in total. The molecular weight excluding hydrogens is 176 g/mol. The van der Waals surface area contributed by atoms with E-state index in [4.69, 9.17) is 4.43 Å². The third-order valence-corrected chi connectivity index (χ3v) is 2.72. The Hall–Kier alpha value is -1.12. The molecule has 2 radical (unpaired) electrons. The molecule has 0 aliphatic heterocycles. The van der Waals surface area contributed by atoms with E-state index in [2.05, 4.69) is 42.5 Å². The second-order valence-electron chi connectivity index (χ2n) is 2.87. The normalized spacial score (nSPS) is 10.5. The Morgan fingerprint density at radius 1 is 1.00 bits per heavy atom. The van der Waals surface area contributed by atoms with Gasteiger partial charge in [0.25, 0.3) is 9.76 Å². The average molecular weight is 186 g/mol. The van der Waals surface area contributed by atoms with Crippen LogP contribution in [0.1, 0.15) is 0 Å². The molecule has 0 heterocycles. The largest absolute Gasteiger partial charge is 0.415 e. The van der Waals surface area contributed by atoms with Gasteiger partial charge in [-0.1, -0.05) is 42.5 Å². The summed E-state index contributed by atoms with van der Waals surface area (Å²) in [4.78, 5) is 0. The lowest BCUT2D eigenvalue weighted by Crippen LogP contribution is -2.14. The molecule has 0 aliphatic carbocycles. The Bertz CT molecular complexity index is 412. The second kappa shape index (κ2) is 3.73. The summed E-state index contributed by atoms with van der Waals surface area (Å²) in [5.74, 6) is 0. The topological polar surface area (TPSA) is 9.23 Å². The Kier molecular flexibility index (Phi) is 2.43. The monoisotopic (exact) mass is 186 g/mol. The molecule has 2 aromatic rings. The van der Waals surface area contributed by atoms with Gasteiger partial charge in [0.1, 0.15) is 0 Å². The van der Waals surface area contributed by atoms with Gasteiger partial charge in [0.05, 0.1) is 0 Å². The van der Waals surface area contributed by atoms with Crippen LogP contribution in [-0.2, 0) is 4.43 Å². The molecule has 13 heavy (non-hydrogen) atoms. The molecule has 0 amide bonds. The van der Waals surface area contributed by atoms with E-state index in [1.54, 1.807) is 7.11 Å². The lowest BCUT2D eigenvalue weighted by atomic mass is 10.1. The van der Waals surface area contributed by atoms with Crippen molar-refractivity contribution < 1.29 is 4.43 Å². The third-order valence-electron chi connectivity index (χ3n) is 1.97. The van der Waals surface area contributed by atoms with Gasteiger partial charge in [0.2, 0.25) is 0 Å². The van der Waals surface area contributed by atoms with Crippen molar-refractivity contribution in [3.8, 4) is 0 Å². The van der Waals surface area contributed by atoms with Crippen molar-refractivity contribution in [1.82, 2.24) is 0 Å². The van der Waals surface area contributed by atoms with Gasteiger partial charge in [0, 0.05) is 7.11 Å². The fourth-order valence-electron chi connectivity index (χ4n) is 1.37. The van der Waals surface area contributed by atoms with Crippen LogP contribution in [0.4, 0.5) is 0 Å². The van der Waals surface area contributed by atoms with Crippen molar-refractivity contribution in [2.24, 2.45) is 0 Å². The zero-order valence-electron chi connectivity index (χ0n) is 7.45. The van der Waals surface area contributed by atoms with Gasteiger partial charge in [0.15, 0.2) is 0 Å². The van der Waals surface area contributed by atoms with E-state index in [9.17, 15) is 0 Å². The standard InChI is InChI=1S/C11H10OSi/c1-12-13-11-7-6-9-4-2-3-5-10(9)8-11/h2-8H,1H3. The van der Waals surface area contributed by atoms with Gasteiger partial charge >= 0.3 is 0 Å². The van der Waals surface area contributed by atoms with E-state index >= 15 is 0 Å². The molecule has 0 saturated heterocycles. The molecule has 0 saturated carbocycles. The van der Waals surface area contributed by atoms with Crippen molar-refractivity contribution in [1.29, 1.82) is 0 Å². The van der Waals surface area contributed by atoms with Crippen LogP contribution in [-0.4, -0.2) is 16.9 Å². The first-order valence-corrected chi connectivity index (χ1v) is 5.09. The molecule has 0 aromatic heterocycles. The Morgan fingerprint density at radius 3 is 2.54 bits per heavy atom. The van der Waals surface area contributed by atoms with Gasteiger partial charge < -0.3 is 4.43 Å².